The SMILES string of the molecule is CCCc1ccc(CCc2ccc3c(F)c(CCc4ccc(F)c(F)c4)ccc3c2)nc1. The zero-order valence-corrected chi connectivity index (χ0v) is 18.2. The Balaban J connectivity index is 1.43. The molecule has 0 amide bonds. The number of fused-ring (bicyclic) bond motifs is 1. The molecule has 0 bridgehead atoms. The predicted molar refractivity (Wildman–Crippen MR) is 123 cm³/mol. The molecule has 0 atom stereocenters. The van der Waals surface area contributed by atoms with Crippen molar-refractivity contribution in [2.45, 2.75) is 45.4 Å². The van der Waals surface area contributed by atoms with Crippen LogP contribution in [-0.4, -0.2) is 4.98 Å². The van der Waals surface area contributed by atoms with Crippen LogP contribution in [0.3, 0.4) is 0 Å². The Morgan fingerprint density at radius 1 is 0.656 bits per heavy atom. The Hall–Kier alpha value is -3.14. The van der Waals surface area contributed by atoms with Crippen molar-refractivity contribution in [3.8, 4) is 0 Å². The molecular weight excluding hydrogens is 407 g/mol. The van der Waals surface area contributed by atoms with Crippen LogP contribution in [0, 0.1) is 17.5 Å². The van der Waals surface area contributed by atoms with Crippen molar-refractivity contribution < 1.29 is 13.2 Å². The average molecular weight is 434 g/mol. The van der Waals surface area contributed by atoms with Gasteiger partial charge in [-0.05, 0) is 77.9 Å². The van der Waals surface area contributed by atoms with Crippen molar-refractivity contribution in [3.05, 3.63) is 112 Å². The second kappa shape index (κ2) is 9.99. The van der Waals surface area contributed by atoms with E-state index < -0.39 is 11.6 Å². The van der Waals surface area contributed by atoms with Gasteiger partial charge < -0.3 is 0 Å². The van der Waals surface area contributed by atoms with Crippen LogP contribution >= 0.6 is 0 Å². The van der Waals surface area contributed by atoms with Crippen molar-refractivity contribution in [2.75, 3.05) is 0 Å². The minimum atomic E-state index is -0.874. The first-order valence-electron chi connectivity index (χ1n) is 11.1. The molecule has 0 aliphatic carbocycles. The highest BCUT2D eigenvalue weighted by Crippen LogP contribution is 2.24. The van der Waals surface area contributed by atoms with Crippen LogP contribution in [0.1, 0.15) is 41.3 Å². The maximum Gasteiger partial charge on any atom is 0.159 e. The summed E-state index contributed by atoms with van der Waals surface area (Å²) < 4.78 is 41.5. The van der Waals surface area contributed by atoms with Crippen LogP contribution in [0.5, 0.6) is 0 Å². The molecule has 164 valence electrons. The molecule has 0 spiro atoms. The fraction of sp³-hybridized carbons (Fsp3) is 0.250. The van der Waals surface area contributed by atoms with Crippen LogP contribution in [0.2, 0.25) is 0 Å². The molecule has 0 saturated carbocycles. The maximum atomic E-state index is 15.1. The maximum absolute atomic E-state index is 15.1. The van der Waals surface area contributed by atoms with Crippen LogP contribution in [0.25, 0.3) is 10.8 Å². The normalized spacial score (nSPS) is 11.2. The third-order valence-corrected chi connectivity index (χ3v) is 5.86. The summed E-state index contributed by atoms with van der Waals surface area (Å²) in [5.41, 5.74) is 4.69. The number of hydrogen-bond donors (Lipinski definition) is 0. The van der Waals surface area contributed by atoms with Crippen LogP contribution in [0.4, 0.5) is 13.2 Å². The molecule has 0 unspecified atom stereocenters. The summed E-state index contributed by atoms with van der Waals surface area (Å²) in [4.78, 5) is 4.55. The van der Waals surface area contributed by atoms with E-state index in [0.29, 0.717) is 29.4 Å². The van der Waals surface area contributed by atoms with E-state index in [1.807, 2.05) is 30.5 Å². The van der Waals surface area contributed by atoms with Gasteiger partial charge in [0.2, 0.25) is 0 Å². The molecule has 0 radical (unpaired) electrons. The van der Waals surface area contributed by atoms with E-state index in [0.717, 1.165) is 48.4 Å². The second-order valence-electron chi connectivity index (χ2n) is 8.25. The summed E-state index contributed by atoms with van der Waals surface area (Å²) in [6.45, 7) is 2.16. The van der Waals surface area contributed by atoms with Gasteiger partial charge in [-0.25, -0.2) is 13.2 Å². The molecule has 1 nitrogen and oxygen atoms in total. The number of benzene rings is 3. The molecular formula is C28H26F3N. The number of halogens is 3. The summed E-state index contributed by atoms with van der Waals surface area (Å²) in [5.74, 6) is -1.99. The molecule has 0 saturated heterocycles. The van der Waals surface area contributed by atoms with E-state index in [2.05, 4.69) is 24.0 Å². The number of pyridine rings is 1. The minimum Gasteiger partial charge on any atom is -0.261 e. The molecule has 4 aromatic rings. The molecule has 0 N–H and O–H groups in total. The van der Waals surface area contributed by atoms with Crippen molar-refractivity contribution in [1.82, 2.24) is 4.98 Å². The van der Waals surface area contributed by atoms with E-state index in [9.17, 15) is 8.78 Å². The first-order chi connectivity index (χ1) is 15.5. The fourth-order valence-electron chi connectivity index (χ4n) is 4.02. The van der Waals surface area contributed by atoms with Gasteiger partial charge in [0.05, 0.1) is 0 Å². The van der Waals surface area contributed by atoms with E-state index in [1.165, 1.54) is 17.7 Å². The molecule has 1 heterocycles. The molecule has 3 aromatic carbocycles. The molecule has 0 aliphatic rings. The standard InChI is InChI=1S/C28H26F3N/c1-2-3-21-6-13-24(32-18-21)12-5-19-7-14-25-23(16-19)11-10-22(28(25)31)9-4-20-8-15-26(29)27(30)17-20/h6-8,10-11,13-18H,2-5,9,12H2,1H3. The molecule has 4 heteroatoms. The Labute approximate surface area is 186 Å². The average Bonchev–Trinajstić information content (AvgIpc) is 2.80. The fourth-order valence-corrected chi connectivity index (χ4v) is 4.02. The lowest BCUT2D eigenvalue weighted by Crippen LogP contribution is -1.98. The highest BCUT2D eigenvalue weighted by Gasteiger charge is 2.10. The molecule has 4 rings (SSSR count). The van der Waals surface area contributed by atoms with Crippen LogP contribution < -0.4 is 0 Å². The number of aryl methyl sites for hydroxylation is 5. The monoisotopic (exact) mass is 433 g/mol. The molecule has 1 aromatic heterocycles. The first kappa shape index (κ1) is 22.1. The van der Waals surface area contributed by atoms with E-state index in [-0.39, 0.29) is 5.82 Å². The second-order valence-corrected chi connectivity index (χ2v) is 8.25. The predicted octanol–water partition coefficient (Wildman–Crippen LogP) is 7.18. The molecule has 32 heavy (non-hydrogen) atoms. The van der Waals surface area contributed by atoms with Crippen LogP contribution in [-0.2, 0) is 32.1 Å². The zero-order chi connectivity index (χ0) is 22.5. The van der Waals surface area contributed by atoms with Gasteiger partial charge in [0.1, 0.15) is 5.82 Å². The lowest BCUT2D eigenvalue weighted by atomic mass is 9.98. The van der Waals surface area contributed by atoms with Gasteiger partial charge in [-0.15, -0.1) is 0 Å². The van der Waals surface area contributed by atoms with Gasteiger partial charge in [-0.1, -0.05) is 55.8 Å². The van der Waals surface area contributed by atoms with E-state index in [4.69, 9.17) is 0 Å². The highest BCUT2D eigenvalue weighted by molar-refractivity contribution is 5.84. The van der Waals surface area contributed by atoms with Gasteiger partial charge in [-0.2, -0.15) is 0 Å². The van der Waals surface area contributed by atoms with Gasteiger partial charge in [0, 0.05) is 17.3 Å². The Kier molecular flexibility index (Phi) is 6.89. The Morgan fingerprint density at radius 3 is 2.16 bits per heavy atom. The van der Waals surface area contributed by atoms with Gasteiger partial charge in [0.15, 0.2) is 11.6 Å². The Bertz CT molecular complexity index is 1220. The van der Waals surface area contributed by atoms with Gasteiger partial charge in [-0.3, -0.25) is 4.98 Å². The van der Waals surface area contributed by atoms with Crippen molar-refractivity contribution in [2.24, 2.45) is 0 Å². The zero-order valence-electron chi connectivity index (χ0n) is 18.2. The van der Waals surface area contributed by atoms with Crippen LogP contribution in [0.15, 0.2) is 66.9 Å². The highest BCUT2D eigenvalue weighted by atomic mass is 19.2. The van der Waals surface area contributed by atoms with Crippen molar-refractivity contribution >= 4 is 10.8 Å². The number of nitrogens with zero attached hydrogens (tertiary/aromatic N) is 1. The molecule has 0 fully saturated rings. The largest absolute Gasteiger partial charge is 0.261 e. The summed E-state index contributed by atoms with van der Waals surface area (Å²) in [7, 11) is 0. The number of aromatic nitrogens is 1. The summed E-state index contributed by atoms with van der Waals surface area (Å²) in [6, 6.07) is 17.6. The van der Waals surface area contributed by atoms with E-state index >= 15 is 4.39 Å². The van der Waals surface area contributed by atoms with Gasteiger partial charge >= 0.3 is 0 Å². The van der Waals surface area contributed by atoms with Gasteiger partial charge in [0.25, 0.3) is 0 Å². The number of hydrogen-bond acceptors (Lipinski definition) is 1. The lowest BCUT2D eigenvalue weighted by Gasteiger charge is -2.09. The van der Waals surface area contributed by atoms with Crippen molar-refractivity contribution in [1.29, 1.82) is 0 Å². The topological polar surface area (TPSA) is 12.9 Å². The Morgan fingerprint density at radius 2 is 1.41 bits per heavy atom. The third kappa shape index (κ3) is 5.18. The number of rotatable bonds is 8. The summed E-state index contributed by atoms with van der Waals surface area (Å²) in [5, 5.41) is 1.45. The summed E-state index contributed by atoms with van der Waals surface area (Å²) in [6.07, 6.45) is 6.67. The third-order valence-electron chi connectivity index (χ3n) is 5.86. The smallest absolute Gasteiger partial charge is 0.159 e. The minimum absolute atomic E-state index is 0.246. The van der Waals surface area contributed by atoms with E-state index in [1.54, 1.807) is 6.07 Å². The summed E-state index contributed by atoms with van der Waals surface area (Å²) >= 11 is 0. The lowest BCUT2D eigenvalue weighted by molar-refractivity contribution is 0.507. The molecule has 0 aliphatic heterocycles. The van der Waals surface area contributed by atoms with Crippen molar-refractivity contribution in [3.63, 3.8) is 0 Å². The quantitative estimate of drug-likeness (QED) is 0.287. The first-order valence-corrected chi connectivity index (χ1v) is 11.1.